The SMILES string of the molecule is CC1CC(NC2CCCN(Cc3ccccc3)C2)CN1C. The van der Waals surface area contributed by atoms with E-state index in [1.807, 2.05) is 0 Å². The number of likely N-dealkylation sites (tertiary alicyclic amines) is 2. The van der Waals surface area contributed by atoms with E-state index in [2.05, 4.69) is 59.4 Å². The van der Waals surface area contributed by atoms with Crippen molar-refractivity contribution < 1.29 is 0 Å². The van der Waals surface area contributed by atoms with Gasteiger partial charge in [0.1, 0.15) is 0 Å². The van der Waals surface area contributed by atoms with Gasteiger partial charge in [0.2, 0.25) is 0 Å². The van der Waals surface area contributed by atoms with Gasteiger partial charge in [-0.1, -0.05) is 30.3 Å². The van der Waals surface area contributed by atoms with Crippen LogP contribution in [0.5, 0.6) is 0 Å². The summed E-state index contributed by atoms with van der Waals surface area (Å²) in [6.07, 6.45) is 3.95. The fraction of sp³-hybridized carbons (Fsp3) is 0.667. The van der Waals surface area contributed by atoms with E-state index in [-0.39, 0.29) is 0 Å². The first-order valence-electron chi connectivity index (χ1n) is 8.43. The molecule has 3 heteroatoms. The minimum atomic E-state index is 0.672. The van der Waals surface area contributed by atoms with Crippen LogP contribution in [-0.2, 0) is 6.54 Å². The van der Waals surface area contributed by atoms with Gasteiger partial charge >= 0.3 is 0 Å². The Bertz CT molecular complexity index is 423. The molecule has 1 N–H and O–H groups in total. The van der Waals surface area contributed by atoms with Crippen LogP contribution in [0, 0.1) is 0 Å². The molecule has 2 aliphatic heterocycles. The van der Waals surface area contributed by atoms with Crippen LogP contribution in [0.25, 0.3) is 0 Å². The summed E-state index contributed by atoms with van der Waals surface area (Å²) < 4.78 is 0. The Hall–Kier alpha value is -0.900. The van der Waals surface area contributed by atoms with Gasteiger partial charge in [-0.05, 0) is 45.3 Å². The van der Waals surface area contributed by atoms with Gasteiger partial charge in [0.05, 0.1) is 0 Å². The Morgan fingerprint density at radius 3 is 2.67 bits per heavy atom. The van der Waals surface area contributed by atoms with Gasteiger partial charge in [-0.3, -0.25) is 4.90 Å². The molecule has 0 amide bonds. The van der Waals surface area contributed by atoms with E-state index in [9.17, 15) is 0 Å². The second-order valence-corrected chi connectivity index (χ2v) is 6.95. The Kier molecular flexibility index (Phi) is 4.94. The number of rotatable bonds is 4. The van der Waals surface area contributed by atoms with Gasteiger partial charge in [0, 0.05) is 37.8 Å². The lowest BCUT2D eigenvalue weighted by molar-refractivity contribution is 0.176. The number of benzene rings is 1. The Morgan fingerprint density at radius 2 is 1.95 bits per heavy atom. The zero-order valence-corrected chi connectivity index (χ0v) is 13.5. The van der Waals surface area contributed by atoms with Crippen LogP contribution in [-0.4, -0.2) is 54.6 Å². The van der Waals surface area contributed by atoms with Crippen molar-refractivity contribution >= 4 is 0 Å². The van der Waals surface area contributed by atoms with Crippen molar-refractivity contribution in [1.82, 2.24) is 15.1 Å². The third-order valence-corrected chi connectivity index (χ3v) is 5.11. The van der Waals surface area contributed by atoms with E-state index >= 15 is 0 Å². The minimum absolute atomic E-state index is 0.672. The van der Waals surface area contributed by atoms with Crippen LogP contribution >= 0.6 is 0 Å². The maximum absolute atomic E-state index is 3.91. The number of likely N-dealkylation sites (N-methyl/N-ethyl adjacent to an activating group) is 1. The molecule has 0 saturated carbocycles. The predicted molar refractivity (Wildman–Crippen MR) is 88.4 cm³/mol. The molecular weight excluding hydrogens is 258 g/mol. The van der Waals surface area contributed by atoms with E-state index in [0.29, 0.717) is 12.1 Å². The lowest BCUT2D eigenvalue weighted by atomic mass is 10.0. The van der Waals surface area contributed by atoms with Crippen molar-refractivity contribution in [1.29, 1.82) is 0 Å². The molecule has 21 heavy (non-hydrogen) atoms. The molecule has 0 radical (unpaired) electrons. The summed E-state index contributed by atoms with van der Waals surface area (Å²) in [5.41, 5.74) is 1.44. The first kappa shape index (κ1) is 15.0. The molecule has 3 rings (SSSR count). The molecule has 3 nitrogen and oxygen atoms in total. The molecule has 1 aromatic rings. The molecule has 2 saturated heterocycles. The van der Waals surface area contributed by atoms with E-state index in [4.69, 9.17) is 0 Å². The smallest absolute Gasteiger partial charge is 0.0234 e. The number of hydrogen-bond donors (Lipinski definition) is 1. The number of hydrogen-bond acceptors (Lipinski definition) is 3. The summed E-state index contributed by atoms with van der Waals surface area (Å²) in [5.74, 6) is 0. The molecule has 2 fully saturated rings. The lowest BCUT2D eigenvalue weighted by Gasteiger charge is -2.34. The van der Waals surface area contributed by atoms with Gasteiger partial charge in [0.15, 0.2) is 0 Å². The van der Waals surface area contributed by atoms with Crippen molar-refractivity contribution in [3.63, 3.8) is 0 Å². The maximum atomic E-state index is 3.91. The van der Waals surface area contributed by atoms with Gasteiger partial charge in [-0.25, -0.2) is 0 Å². The van der Waals surface area contributed by atoms with E-state index in [1.54, 1.807) is 0 Å². The average Bonchev–Trinajstić information content (AvgIpc) is 2.78. The standard InChI is InChI=1S/C18H29N3/c1-15-11-18(13-20(15)2)19-17-9-6-10-21(14-17)12-16-7-4-3-5-8-16/h3-5,7-8,15,17-19H,6,9-14H2,1-2H3. The lowest BCUT2D eigenvalue weighted by Crippen LogP contribution is -2.49. The second kappa shape index (κ2) is 6.91. The third kappa shape index (κ3) is 4.06. The van der Waals surface area contributed by atoms with Crippen LogP contribution in [0.3, 0.4) is 0 Å². The highest BCUT2D eigenvalue weighted by Crippen LogP contribution is 2.19. The molecule has 0 aromatic heterocycles. The minimum Gasteiger partial charge on any atom is -0.309 e. The van der Waals surface area contributed by atoms with Crippen LogP contribution < -0.4 is 5.32 Å². The topological polar surface area (TPSA) is 18.5 Å². The van der Waals surface area contributed by atoms with Crippen molar-refractivity contribution in [2.45, 2.75) is 50.9 Å². The number of nitrogens with zero attached hydrogens (tertiary/aromatic N) is 2. The summed E-state index contributed by atoms with van der Waals surface area (Å²) in [6, 6.07) is 13.0. The molecule has 3 unspecified atom stereocenters. The first-order chi connectivity index (χ1) is 10.2. The van der Waals surface area contributed by atoms with Crippen molar-refractivity contribution in [3.8, 4) is 0 Å². The molecule has 1 aromatic carbocycles. The fourth-order valence-corrected chi connectivity index (χ4v) is 3.82. The van der Waals surface area contributed by atoms with Crippen molar-refractivity contribution in [2.75, 3.05) is 26.7 Å². The van der Waals surface area contributed by atoms with Gasteiger partial charge in [0.25, 0.3) is 0 Å². The summed E-state index contributed by atoms with van der Waals surface area (Å²) in [6.45, 7) is 7.08. The third-order valence-electron chi connectivity index (χ3n) is 5.11. The zero-order valence-electron chi connectivity index (χ0n) is 13.5. The van der Waals surface area contributed by atoms with Crippen molar-refractivity contribution in [2.24, 2.45) is 0 Å². The number of piperidine rings is 1. The monoisotopic (exact) mass is 287 g/mol. The van der Waals surface area contributed by atoms with Crippen LogP contribution in [0.4, 0.5) is 0 Å². The normalized spacial score (nSPS) is 31.6. The second-order valence-electron chi connectivity index (χ2n) is 6.95. The molecule has 116 valence electrons. The van der Waals surface area contributed by atoms with Crippen molar-refractivity contribution in [3.05, 3.63) is 35.9 Å². The largest absolute Gasteiger partial charge is 0.309 e. The molecular formula is C18H29N3. The van der Waals surface area contributed by atoms with Crippen LogP contribution in [0.15, 0.2) is 30.3 Å². The maximum Gasteiger partial charge on any atom is 0.0234 e. The number of nitrogens with one attached hydrogen (secondary N) is 1. The van der Waals surface area contributed by atoms with Crippen LogP contribution in [0.2, 0.25) is 0 Å². The Morgan fingerprint density at radius 1 is 1.14 bits per heavy atom. The van der Waals surface area contributed by atoms with E-state index < -0.39 is 0 Å². The highest BCUT2D eigenvalue weighted by molar-refractivity contribution is 5.14. The quantitative estimate of drug-likeness (QED) is 0.917. The molecule has 3 atom stereocenters. The highest BCUT2D eigenvalue weighted by atomic mass is 15.2. The first-order valence-corrected chi connectivity index (χ1v) is 8.43. The zero-order chi connectivity index (χ0) is 14.7. The summed E-state index contributed by atoms with van der Waals surface area (Å²) >= 11 is 0. The molecule has 2 heterocycles. The summed E-state index contributed by atoms with van der Waals surface area (Å²) in [7, 11) is 2.24. The Labute approximate surface area is 129 Å². The summed E-state index contributed by atoms with van der Waals surface area (Å²) in [4.78, 5) is 5.08. The Balaban J connectivity index is 1.49. The highest BCUT2D eigenvalue weighted by Gasteiger charge is 2.29. The van der Waals surface area contributed by atoms with Gasteiger partial charge in [-0.15, -0.1) is 0 Å². The average molecular weight is 287 g/mol. The fourth-order valence-electron chi connectivity index (χ4n) is 3.82. The molecule has 0 aliphatic carbocycles. The van der Waals surface area contributed by atoms with E-state index in [1.165, 1.54) is 44.5 Å². The van der Waals surface area contributed by atoms with Gasteiger partial charge < -0.3 is 10.2 Å². The molecule has 0 bridgehead atoms. The summed E-state index contributed by atoms with van der Waals surface area (Å²) in [5, 5.41) is 3.91. The molecule has 2 aliphatic rings. The molecule has 0 spiro atoms. The van der Waals surface area contributed by atoms with Crippen LogP contribution in [0.1, 0.15) is 31.7 Å². The van der Waals surface area contributed by atoms with E-state index in [0.717, 1.165) is 12.6 Å². The van der Waals surface area contributed by atoms with Gasteiger partial charge in [-0.2, -0.15) is 0 Å². The predicted octanol–water partition coefficient (Wildman–Crippen LogP) is 2.33.